The van der Waals surface area contributed by atoms with E-state index < -0.39 is 0 Å². The SMILES string of the molecule is CC(CO)NC(C)c1cc(Cl)c(N)c(Cl)c1. The minimum Gasteiger partial charge on any atom is -0.396 e. The topological polar surface area (TPSA) is 58.3 Å². The van der Waals surface area contributed by atoms with Gasteiger partial charge in [0.05, 0.1) is 22.3 Å². The molecule has 16 heavy (non-hydrogen) atoms. The first-order valence-corrected chi connectivity index (χ1v) is 5.82. The van der Waals surface area contributed by atoms with Crippen LogP contribution >= 0.6 is 23.2 Å². The molecule has 0 amide bonds. The van der Waals surface area contributed by atoms with Crippen LogP contribution in [-0.2, 0) is 0 Å². The Labute approximate surface area is 106 Å². The Kier molecular flexibility index (Phi) is 4.87. The summed E-state index contributed by atoms with van der Waals surface area (Å²) in [5.74, 6) is 0. The highest BCUT2D eigenvalue weighted by Crippen LogP contribution is 2.31. The number of halogens is 2. The highest BCUT2D eigenvalue weighted by atomic mass is 35.5. The lowest BCUT2D eigenvalue weighted by atomic mass is 10.1. The quantitative estimate of drug-likeness (QED) is 0.732. The predicted octanol–water partition coefficient (Wildman–Crippen LogP) is 2.61. The predicted molar refractivity (Wildman–Crippen MR) is 69.0 cm³/mol. The molecule has 2 unspecified atom stereocenters. The molecule has 0 heterocycles. The van der Waals surface area contributed by atoms with E-state index in [1.54, 1.807) is 12.1 Å². The van der Waals surface area contributed by atoms with Crippen LogP contribution in [0.1, 0.15) is 25.5 Å². The van der Waals surface area contributed by atoms with Crippen LogP contribution in [0, 0.1) is 0 Å². The summed E-state index contributed by atoms with van der Waals surface area (Å²) in [5, 5.41) is 13.1. The number of aliphatic hydroxyl groups is 1. The Balaban J connectivity index is 2.88. The normalized spacial score (nSPS) is 14.8. The lowest BCUT2D eigenvalue weighted by molar-refractivity contribution is 0.243. The first kappa shape index (κ1) is 13.6. The molecule has 0 radical (unpaired) electrons. The van der Waals surface area contributed by atoms with Crippen molar-refractivity contribution in [1.82, 2.24) is 5.32 Å². The molecule has 90 valence electrons. The minimum atomic E-state index is 0.0186. The van der Waals surface area contributed by atoms with E-state index in [1.165, 1.54) is 0 Å². The van der Waals surface area contributed by atoms with E-state index in [0.717, 1.165) is 5.56 Å². The molecule has 0 aliphatic carbocycles. The highest BCUT2D eigenvalue weighted by molar-refractivity contribution is 6.38. The third-order valence-electron chi connectivity index (χ3n) is 2.41. The van der Waals surface area contributed by atoms with Crippen molar-refractivity contribution in [2.75, 3.05) is 12.3 Å². The number of nitrogens with two attached hydrogens (primary N) is 1. The zero-order valence-electron chi connectivity index (χ0n) is 9.30. The Bertz CT molecular complexity index is 348. The summed E-state index contributed by atoms with van der Waals surface area (Å²) in [6.45, 7) is 3.96. The number of anilines is 1. The standard InChI is InChI=1S/C11H16Cl2N2O/c1-6(5-16)15-7(2)8-3-9(12)11(14)10(13)4-8/h3-4,6-7,15-16H,5,14H2,1-2H3. The van der Waals surface area contributed by atoms with Crippen LogP contribution in [0.2, 0.25) is 10.0 Å². The highest BCUT2D eigenvalue weighted by Gasteiger charge is 2.12. The Morgan fingerprint density at radius 2 is 1.81 bits per heavy atom. The molecule has 0 aliphatic rings. The van der Waals surface area contributed by atoms with Crippen LogP contribution in [0.5, 0.6) is 0 Å². The van der Waals surface area contributed by atoms with E-state index >= 15 is 0 Å². The van der Waals surface area contributed by atoms with Crippen LogP contribution < -0.4 is 11.1 Å². The van der Waals surface area contributed by atoms with E-state index in [0.29, 0.717) is 15.7 Å². The fourth-order valence-corrected chi connectivity index (χ4v) is 1.93. The van der Waals surface area contributed by atoms with E-state index in [2.05, 4.69) is 5.32 Å². The van der Waals surface area contributed by atoms with Gasteiger partial charge in [0.15, 0.2) is 0 Å². The first-order chi connectivity index (χ1) is 7.45. The van der Waals surface area contributed by atoms with Gasteiger partial charge in [0.1, 0.15) is 0 Å². The average Bonchev–Trinajstić information content (AvgIpc) is 2.24. The largest absolute Gasteiger partial charge is 0.396 e. The monoisotopic (exact) mass is 262 g/mol. The maximum absolute atomic E-state index is 8.95. The van der Waals surface area contributed by atoms with Crippen molar-refractivity contribution in [3.8, 4) is 0 Å². The first-order valence-electron chi connectivity index (χ1n) is 5.07. The number of aliphatic hydroxyl groups excluding tert-OH is 1. The van der Waals surface area contributed by atoms with Gasteiger partial charge in [0, 0.05) is 12.1 Å². The van der Waals surface area contributed by atoms with Gasteiger partial charge in [-0.25, -0.2) is 0 Å². The van der Waals surface area contributed by atoms with E-state index in [4.69, 9.17) is 34.0 Å². The van der Waals surface area contributed by atoms with Gasteiger partial charge in [-0.1, -0.05) is 23.2 Å². The van der Waals surface area contributed by atoms with Gasteiger partial charge in [0.2, 0.25) is 0 Å². The van der Waals surface area contributed by atoms with Crippen LogP contribution in [0.25, 0.3) is 0 Å². The Hall–Kier alpha value is -0.480. The Morgan fingerprint density at radius 3 is 2.25 bits per heavy atom. The van der Waals surface area contributed by atoms with Crippen LogP contribution in [-0.4, -0.2) is 17.8 Å². The van der Waals surface area contributed by atoms with Crippen molar-refractivity contribution >= 4 is 28.9 Å². The molecule has 0 fully saturated rings. The van der Waals surface area contributed by atoms with Crippen molar-refractivity contribution < 1.29 is 5.11 Å². The molecule has 0 saturated heterocycles. The third-order valence-corrected chi connectivity index (χ3v) is 3.04. The smallest absolute Gasteiger partial charge is 0.0693 e. The molecule has 0 bridgehead atoms. The number of nitrogen functional groups attached to an aromatic ring is 1. The summed E-state index contributed by atoms with van der Waals surface area (Å²) in [4.78, 5) is 0. The van der Waals surface area contributed by atoms with Crippen molar-refractivity contribution in [3.05, 3.63) is 27.7 Å². The summed E-state index contributed by atoms with van der Waals surface area (Å²) in [5.41, 5.74) is 7.00. The molecule has 1 aromatic carbocycles. The molecular formula is C11H16Cl2N2O. The molecule has 0 aliphatic heterocycles. The van der Waals surface area contributed by atoms with Gasteiger partial charge >= 0.3 is 0 Å². The molecule has 1 rings (SSSR count). The zero-order chi connectivity index (χ0) is 12.3. The second kappa shape index (κ2) is 5.73. The van der Waals surface area contributed by atoms with Gasteiger partial charge < -0.3 is 16.2 Å². The number of nitrogens with one attached hydrogen (secondary N) is 1. The number of rotatable bonds is 4. The third kappa shape index (κ3) is 3.25. The summed E-state index contributed by atoms with van der Waals surface area (Å²) in [7, 11) is 0. The molecule has 4 N–H and O–H groups in total. The van der Waals surface area contributed by atoms with Gasteiger partial charge in [-0.05, 0) is 31.5 Å². The average molecular weight is 263 g/mol. The zero-order valence-corrected chi connectivity index (χ0v) is 10.8. The van der Waals surface area contributed by atoms with Crippen molar-refractivity contribution in [2.24, 2.45) is 0 Å². The second-order valence-corrected chi connectivity index (χ2v) is 4.68. The molecule has 0 spiro atoms. The molecular weight excluding hydrogens is 247 g/mol. The van der Waals surface area contributed by atoms with Crippen LogP contribution in [0.3, 0.4) is 0 Å². The minimum absolute atomic E-state index is 0.0186. The Morgan fingerprint density at radius 1 is 1.31 bits per heavy atom. The summed E-state index contributed by atoms with van der Waals surface area (Å²) < 4.78 is 0. The van der Waals surface area contributed by atoms with E-state index in [-0.39, 0.29) is 18.7 Å². The fourth-order valence-electron chi connectivity index (χ4n) is 1.43. The molecule has 1 aromatic rings. The number of benzene rings is 1. The van der Waals surface area contributed by atoms with E-state index in [1.807, 2.05) is 13.8 Å². The van der Waals surface area contributed by atoms with E-state index in [9.17, 15) is 0 Å². The molecule has 5 heteroatoms. The van der Waals surface area contributed by atoms with Gasteiger partial charge in [-0.3, -0.25) is 0 Å². The lowest BCUT2D eigenvalue weighted by Gasteiger charge is -2.19. The molecule has 0 saturated carbocycles. The second-order valence-electron chi connectivity index (χ2n) is 3.87. The van der Waals surface area contributed by atoms with Crippen LogP contribution in [0.4, 0.5) is 5.69 Å². The van der Waals surface area contributed by atoms with Gasteiger partial charge in [-0.2, -0.15) is 0 Å². The van der Waals surface area contributed by atoms with Crippen molar-refractivity contribution in [1.29, 1.82) is 0 Å². The molecule has 3 nitrogen and oxygen atoms in total. The number of hydrogen-bond donors (Lipinski definition) is 3. The summed E-state index contributed by atoms with van der Waals surface area (Å²) >= 11 is 11.9. The van der Waals surface area contributed by atoms with Gasteiger partial charge in [-0.15, -0.1) is 0 Å². The van der Waals surface area contributed by atoms with Crippen LogP contribution in [0.15, 0.2) is 12.1 Å². The van der Waals surface area contributed by atoms with Crippen molar-refractivity contribution in [2.45, 2.75) is 25.9 Å². The lowest BCUT2D eigenvalue weighted by Crippen LogP contribution is -2.31. The maximum Gasteiger partial charge on any atom is 0.0693 e. The van der Waals surface area contributed by atoms with Gasteiger partial charge in [0.25, 0.3) is 0 Å². The maximum atomic E-state index is 8.95. The number of hydrogen-bond acceptors (Lipinski definition) is 3. The van der Waals surface area contributed by atoms with Crippen molar-refractivity contribution in [3.63, 3.8) is 0 Å². The molecule has 2 atom stereocenters. The molecule has 0 aromatic heterocycles. The fraction of sp³-hybridized carbons (Fsp3) is 0.455. The summed E-state index contributed by atoms with van der Waals surface area (Å²) in [6, 6.07) is 3.64. The summed E-state index contributed by atoms with van der Waals surface area (Å²) in [6.07, 6.45) is 0.